The summed E-state index contributed by atoms with van der Waals surface area (Å²) in [6.45, 7) is -0.461. The average Bonchev–Trinajstić information content (AvgIpc) is 2.59. The minimum absolute atomic E-state index is 0.197. The van der Waals surface area contributed by atoms with Gasteiger partial charge in [0, 0.05) is 6.20 Å². The molecule has 2 rings (SSSR count). The minimum atomic E-state index is -1.33. The molecule has 94 valence electrons. The van der Waals surface area contributed by atoms with Crippen LogP contribution in [0.1, 0.15) is 6.23 Å². The van der Waals surface area contributed by atoms with Gasteiger partial charge in [0.1, 0.15) is 18.3 Å². The Kier molecular flexibility index (Phi) is 3.45. The van der Waals surface area contributed by atoms with Crippen molar-refractivity contribution in [2.45, 2.75) is 24.5 Å². The second-order valence-electron chi connectivity index (χ2n) is 3.69. The molecule has 0 aliphatic carbocycles. The van der Waals surface area contributed by atoms with E-state index in [1.165, 1.54) is 12.4 Å². The molecule has 0 spiro atoms. The van der Waals surface area contributed by atoms with Crippen LogP contribution in [0.3, 0.4) is 0 Å². The van der Waals surface area contributed by atoms with Gasteiger partial charge in [0.15, 0.2) is 6.23 Å². The SMILES string of the molecule is O=c1ncc(Cl)cn1C1OC(CO)C(O)C1O. The van der Waals surface area contributed by atoms with E-state index < -0.39 is 36.8 Å². The van der Waals surface area contributed by atoms with E-state index in [4.69, 9.17) is 21.4 Å². The van der Waals surface area contributed by atoms with Gasteiger partial charge in [-0.2, -0.15) is 4.98 Å². The number of aliphatic hydroxyl groups excluding tert-OH is 3. The predicted molar refractivity (Wildman–Crippen MR) is 56.5 cm³/mol. The maximum Gasteiger partial charge on any atom is 0.349 e. The van der Waals surface area contributed by atoms with Gasteiger partial charge in [-0.05, 0) is 0 Å². The fourth-order valence-corrected chi connectivity index (χ4v) is 1.85. The summed E-state index contributed by atoms with van der Waals surface area (Å²) in [7, 11) is 0. The molecule has 1 aromatic heterocycles. The van der Waals surface area contributed by atoms with Crippen LogP contribution >= 0.6 is 11.6 Å². The summed E-state index contributed by atoms with van der Waals surface area (Å²) in [5, 5.41) is 28.4. The van der Waals surface area contributed by atoms with Crippen LogP contribution in [-0.2, 0) is 4.74 Å². The van der Waals surface area contributed by atoms with Gasteiger partial charge in [0.05, 0.1) is 17.8 Å². The van der Waals surface area contributed by atoms with E-state index in [9.17, 15) is 15.0 Å². The Hall–Kier alpha value is -0.990. The second-order valence-corrected chi connectivity index (χ2v) is 4.13. The zero-order valence-electron chi connectivity index (χ0n) is 8.60. The smallest absolute Gasteiger partial charge is 0.349 e. The molecule has 0 aromatic carbocycles. The fraction of sp³-hybridized carbons (Fsp3) is 0.556. The zero-order chi connectivity index (χ0) is 12.6. The van der Waals surface area contributed by atoms with Gasteiger partial charge in [-0.3, -0.25) is 4.57 Å². The van der Waals surface area contributed by atoms with Crippen molar-refractivity contribution in [3.63, 3.8) is 0 Å². The predicted octanol–water partition coefficient (Wildman–Crippen LogP) is -1.49. The number of aliphatic hydroxyl groups is 3. The maximum atomic E-state index is 11.5. The van der Waals surface area contributed by atoms with E-state index in [1.54, 1.807) is 0 Å². The van der Waals surface area contributed by atoms with Gasteiger partial charge < -0.3 is 20.1 Å². The maximum absolute atomic E-state index is 11.5. The van der Waals surface area contributed by atoms with Gasteiger partial charge in [0.25, 0.3) is 0 Å². The number of hydrogen-bond donors (Lipinski definition) is 3. The summed E-state index contributed by atoms with van der Waals surface area (Å²) in [6, 6.07) is 0. The molecule has 0 radical (unpaired) electrons. The number of rotatable bonds is 2. The second kappa shape index (κ2) is 4.71. The number of halogens is 1. The number of nitrogens with zero attached hydrogens (tertiary/aromatic N) is 2. The lowest BCUT2D eigenvalue weighted by Gasteiger charge is -2.16. The molecular weight excluding hydrogens is 252 g/mol. The van der Waals surface area contributed by atoms with Crippen LogP contribution in [0.5, 0.6) is 0 Å². The van der Waals surface area contributed by atoms with Crippen molar-refractivity contribution in [2.24, 2.45) is 0 Å². The normalized spacial score (nSPS) is 32.9. The van der Waals surface area contributed by atoms with Gasteiger partial charge >= 0.3 is 5.69 Å². The van der Waals surface area contributed by atoms with Crippen molar-refractivity contribution >= 4 is 11.6 Å². The third-order valence-corrected chi connectivity index (χ3v) is 2.77. The van der Waals surface area contributed by atoms with E-state index >= 15 is 0 Å². The number of hydrogen-bond acceptors (Lipinski definition) is 6. The Bertz CT molecular complexity index is 465. The van der Waals surface area contributed by atoms with Gasteiger partial charge in [-0.15, -0.1) is 0 Å². The highest BCUT2D eigenvalue weighted by Gasteiger charge is 2.43. The number of aromatic nitrogens is 2. The molecule has 4 atom stereocenters. The molecule has 3 N–H and O–H groups in total. The lowest BCUT2D eigenvalue weighted by Crippen LogP contribution is -2.35. The Morgan fingerprint density at radius 3 is 2.76 bits per heavy atom. The van der Waals surface area contributed by atoms with Crippen LogP contribution in [-0.4, -0.2) is 49.8 Å². The summed E-state index contributed by atoms with van der Waals surface area (Å²) in [4.78, 5) is 14.9. The van der Waals surface area contributed by atoms with E-state index in [-0.39, 0.29) is 5.02 Å². The first kappa shape index (κ1) is 12.5. The third-order valence-electron chi connectivity index (χ3n) is 2.57. The summed E-state index contributed by atoms with van der Waals surface area (Å²) in [5.74, 6) is 0. The zero-order valence-corrected chi connectivity index (χ0v) is 9.36. The summed E-state index contributed by atoms with van der Waals surface area (Å²) < 4.78 is 6.15. The van der Waals surface area contributed by atoms with Crippen LogP contribution in [0.4, 0.5) is 0 Å². The van der Waals surface area contributed by atoms with Gasteiger partial charge in [-0.25, -0.2) is 4.79 Å². The van der Waals surface area contributed by atoms with Crippen molar-refractivity contribution in [1.82, 2.24) is 9.55 Å². The molecule has 1 aliphatic rings. The standard InChI is InChI=1S/C9H11ClN2O5/c10-4-1-11-9(16)12(2-4)8-7(15)6(14)5(3-13)17-8/h1-2,5-8,13-15H,3H2. The lowest BCUT2D eigenvalue weighted by molar-refractivity contribution is -0.0549. The summed E-state index contributed by atoms with van der Waals surface area (Å²) in [5.41, 5.74) is -0.663. The molecule has 4 unspecified atom stereocenters. The summed E-state index contributed by atoms with van der Waals surface area (Å²) >= 11 is 5.68. The van der Waals surface area contributed by atoms with Crippen molar-refractivity contribution in [1.29, 1.82) is 0 Å². The van der Waals surface area contributed by atoms with E-state index in [0.29, 0.717) is 0 Å². The molecule has 1 saturated heterocycles. The van der Waals surface area contributed by atoms with Crippen LogP contribution in [0.25, 0.3) is 0 Å². The number of ether oxygens (including phenoxy) is 1. The molecule has 7 nitrogen and oxygen atoms in total. The molecule has 2 heterocycles. The van der Waals surface area contributed by atoms with Gasteiger partial charge in [-0.1, -0.05) is 11.6 Å². The Morgan fingerprint density at radius 1 is 1.47 bits per heavy atom. The molecule has 0 saturated carbocycles. The highest BCUT2D eigenvalue weighted by atomic mass is 35.5. The Balaban J connectivity index is 2.35. The van der Waals surface area contributed by atoms with Crippen molar-refractivity contribution in [2.75, 3.05) is 6.61 Å². The highest BCUT2D eigenvalue weighted by Crippen LogP contribution is 2.28. The molecule has 0 bridgehead atoms. The largest absolute Gasteiger partial charge is 0.394 e. The average molecular weight is 263 g/mol. The van der Waals surface area contributed by atoms with E-state index in [0.717, 1.165) is 4.57 Å². The molecule has 1 aromatic rings. The van der Waals surface area contributed by atoms with E-state index in [2.05, 4.69) is 4.98 Å². The minimum Gasteiger partial charge on any atom is -0.394 e. The molecule has 1 aliphatic heterocycles. The lowest BCUT2D eigenvalue weighted by atomic mass is 10.1. The molecule has 17 heavy (non-hydrogen) atoms. The topological polar surface area (TPSA) is 105 Å². The molecule has 1 fully saturated rings. The van der Waals surface area contributed by atoms with Gasteiger partial charge in [0.2, 0.25) is 0 Å². The first-order valence-corrected chi connectivity index (χ1v) is 5.28. The third kappa shape index (κ3) is 2.20. The molecular formula is C9H11ClN2O5. The Labute approximate surface area is 101 Å². The van der Waals surface area contributed by atoms with Crippen LogP contribution < -0.4 is 5.69 Å². The first-order chi connectivity index (χ1) is 8.04. The monoisotopic (exact) mass is 262 g/mol. The first-order valence-electron chi connectivity index (χ1n) is 4.90. The molecule has 8 heteroatoms. The van der Waals surface area contributed by atoms with Crippen LogP contribution in [0.2, 0.25) is 5.02 Å². The highest BCUT2D eigenvalue weighted by molar-refractivity contribution is 6.30. The van der Waals surface area contributed by atoms with Crippen molar-refractivity contribution in [3.05, 3.63) is 27.9 Å². The summed E-state index contributed by atoms with van der Waals surface area (Å²) in [6.07, 6.45) is -2.23. The Morgan fingerprint density at radius 2 is 2.18 bits per heavy atom. The van der Waals surface area contributed by atoms with Crippen LogP contribution in [0.15, 0.2) is 17.2 Å². The molecule has 0 amide bonds. The van der Waals surface area contributed by atoms with E-state index in [1.807, 2.05) is 0 Å². The van der Waals surface area contributed by atoms with Crippen molar-refractivity contribution < 1.29 is 20.1 Å². The fourth-order valence-electron chi connectivity index (χ4n) is 1.70. The van der Waals surface area contributed by atoms with Crippen molar-refractivity contribution in [3.8, 4) is 0 Å². The van der Waals surface area contributed by atoms with Crippen LogP contribution in [0, 0.1) is 0 Å². The quantitative estimate of drug-likeness (QED) is 0.600.